The molecule has 0 saturated carbocycles. The maximum absolute atomic E-state index is 5.94. The third-order valence-electron chi connectivity index (χ3n) is 2.35. The molecule has 0 spiro atoms. The Morgan fingerprint density at radius 1 is 1.56 bits per heavy atom. The highest BCUT2D eigenvalue weighted by Crippen LogP contribution is 2.29. The molecule has 1 aromatic rings. The van der Waals surface area contributed by atoms with Crippen molar-refractivity contribution >= 4 is 15.9 Å². The van der Waals surface area contributed by atoms with Gasteiger partial charge in [-0.05, 0) is 40.4 Å². The molecule has 86 valence electrons. The van der Waals surface area contributed by atoms with Gasteiger partial charge in [-0.2, -0.15) is 0 Å². The van der Waals surface area contributed by atoms with Crippen LogP contribution in [0.5, 0.6) is 5.75 Å². The van der Waals surface area contributed by atoms with E-state index in [0.717, 1.165) is 28.6 Å². The van der Waals surface area contributed by atoms with E-state index in [2.05, 4.69) is 28.8 Å². The Balaban J connectivity index is 2.89. The second-order valence-corrected chi connectivity index (χ2v) is 4.45. The topological polar surface area (TPSA) is 35.2 Å². The van der Waals surface area contributed by atoms with E-state index < -0.39 is 0 Å². The number of terminal acetylenes is 1. The number of rotatable bonds is 5. The summed E-state index contributed by atoms with van der Waals surface area (Å²) in [5.41, 5.74) is 7.04. The molecular weight excluding hydrogens is 266 g/mol. The van der Waals surface area contributed by atoms with Crippen molar-refractivity contribution in [3.8, 4) is 18.1 Å². The van der Waals surface area contributed by atoms with Crippen molar-refractivity contribution in [1.82, 2.24) is 0 Å². The van der Waals surface area contributed by atoms with Crippen molar-refractivity contribution in [3.63, 3.8) is 0 Å². The highest BCUT2D eigenvalue weighted by molar-refractivity contribution is 9.10. The van der Waals surface area contributed by atoms with Crippen LogP contribution in [0.2, 0.25) is 0 Å². The Hall–Kier alpha value is -0.980. The summed E-state index contributed by atoms with van der Waals surface area (Å²) in [6.45, 7) is 2.35. The predicted octanol–water partition coefficient (Wildman–Crippen LogP) is 2.74. The van der Waals surface area contributed by atoms with Gasteiger partial charge in [0, 0.05) is 6.04 Å². The molecule has 1 rings (SSSR count). The molecular formula is C13H16BrNO. The Labute approximate surface area is 105 Å². The number of ether oxygens (including phenoxy) is 1. The first-order valence-electron chi connectivity index (χ1n) is 5.28. The van der Waals surface area contributed by atoms with Gasteiger partial charge in [0.1, 0.15) is 12.4 Å². The Kier molecular flexibility index (Phi) is 5.37. The number of halogens is 1. The third kappa shape index (κ3) is 3.55. The van der Waals surface area contributed by atoms with Gasteiger partial charge in [0.2, 0.25) is 0 Å². The van der Waals surface area contributed by atoms with Crippen molar-refractivity contribution in [2.75, 3.05) is 6.61 Å². The molecule has 0 aliphatic rings. The summed E-state index contributed by atoms with van der Waals surface area (Å²) in [6.07, 6.45) is 6.94. The van der Waals surface area contributed by atoms with Gasteiger partial charge in [0.05, 0.1) is 4.47 Å². The molecule has 2 nitrogen and oxygen atoms in total. The van der Waals surface area contributed by atoms with E-state index in [1.807, 2.05) is 18.2 Å². The molecule has 1 atom stereocenters. The van der Waals surface area contributed by atoms with Crippen molar-refractivity contribution in [1.29, 1.82) is 0 Å². The zero-order valence-electron chi connectivity index (χ0n) is 9.37. The van der Waals surface area contributed by atoms with Gasteiger partial charge in [0.15, 0.2) is 0 Å². The first kappa shape index (κ1) is 13.1. The van der Waals surface area contributed by atoms with Crippen LogP contribution in [0.4, 0.5) is 0 Å². The lowest BCUT2D eigenvalue weighted by atomic mass is 10.0. The lowest BCUT2D eigenvalue weighted by Gasteiger charge is -2.14. The van der Waals surface area contributed by atoms with Crippen LogP contribution < -0.4 is 10.5 Å². The second kappa shape index (κ2) is 6.57. The highest BCUT2D eigenvalue weighted by Gasteiger charge is 2.10. The van der Waals surface area contributed by atoms with E-state index >= 15 is 0 Å². The van der Waals surface area contributed by atoms with Gasteiger partial charge in [-0.3, -0.25) is 0 Å². The fraction of sp³-hybridized carbons (Fsp3) is 0.385. The van der Waals surface area contributed by atoms with Gasteiger partial charge in [-0.1, -0.05) is 25.0 Å². The number of para-hydroxylation sites is 1. The highest BCUT2D eigenvalue weighted by atomic mass is 79.9. The lowest BCUT2D eigenvalue weighted by Crippen LogP contribution is -2.21. The summed E-state index contributed by atoms with van der Waals surface area (Å²) in [4.78, 5) is 0. The normalized spacial score (nSPS) is 11.9. The van der Waals surface area contributed by atoms with Gasteiger partial charge in [-0.25, -0.2) is 0 Å². The zero-order chi connectivity index (χ0) is 12.0. The van der Waals surface area contributed by atoms with E-state index in [1.54, 1.807) is 0 Å². The summed E-state index contributed by atoms with van der Waals surface area (Å²) in [5.74, 6) is 3.27. The molecule has 16 heavy (non-hydrogen) atoms. The fourth-order valence-electron chi connectivity index (χ4n) is 1.42. The van der Waals surface area contributed by atoms with Crippen LogP contribution in [0.25, 0.3) is 0 Å². The van der Waals surface area contributed by atoms with E-state index in [1.165, 1.54) is 0 Å². The average Bonchev–Trinajstić information content (AvgIpc) is 2.28. The van der Waals surface area contributed by atoms with Crippen LogP contribution in [0, 0.1) is 12.3 Å². The molecule has 0 saturated heterocycles. The number of hydrogen-bond acceptors (Lipinski definition) is 2. The van der Waals surface area contributed by atoms with Crippen molar-refractivity contribution in [2.24, 2.45) is 5.73 Å². The average molecular weight is 282 g/mol. The van der Waals surface area contributed by atoms with Crippen LogP contribution in [-0.2, 0) is 6.42 Å². The molecule has 0 aliphatic carbocycles. The molecule has 0 bridgehead atoms. The second-order valence-electron chi connectivity index (χ2n) is 3.59. The first-order chi connectivity index (χ1) is 7.69. The molecule has 1 aromatic carbocycles. The van der Waals surface area contributed by atoms with Gasteiger partial charge < -0.3 is 10.5 Å². The molecule has 0 heterocycles. The van der Waals surface area contributed by atoms with Gasteiger partial charge in [0.25, 0.3) is 0 Å². The maximum Gasteiger partial charge on any atom is 0.148 e. The summed E-state index contributed by atoms with van der Waals surface area (Å²) in [5, 5.41) is 0. The van der Waals surface area contributed by atoms with Crippen molar-refractivity contribution < 1.29 is 4.74 Å². The standard InChI is InChI=1S/C13H16BrNO/c1-3-8-16-13-10(9-11(15)4-2)6-5-7-12(13)14/h1,5-7,11H,4,8-9,15H2,2H3. The first-order valence-corrected chi connectivity index (χ1v) is 6.07. The molecule has 0 amide bonds. The van der Waals surface area contributed by atoms with Gasteiger partial charge >= 0.3 is 0 Å². The summed E-state index contributed by atoms with van der Waals surface area (Å²) in [7, 11) is 0. The minimum Gasteiger partial charge on any atom is -0.479 e. The molecule has 2 N–H and O–H groups in total. The molecule has 0 aromatic heterocycles. The molecule has 0 aliphatic heterocycles. The van der Waals surface area contributed by atoms with E-state index in [9.17, 15) is 0 Å². The monoisotopic (exact) mass is 281 g/mol. The minimum atomic E-state index is 0.155. The van der Waals surface area contributed by atoms with E-state index in [0.29, 0.717) is 0 Å². The van der Waals surface area contributed by atoms with Crippen LogP contribution in [0.3, 0.4) is 0 Å². The number of hydrogen-bond donors (Lipinski definition) is 1. The molecule has 3 heteroatoms. The number of benzene rings is 1. The van der Waals surface area contributed by atoms with Crippen LogP contribution in [0.1, 0.15) is 18.9 Å². The smallest absolute Gasteiger partial charge is 0.148 e. The Morgan fingerprint density at radius 2 is 2.31 bits per heavy atom. The quantitative estimate of drug-likeness (QED) is 0.843. The van der Waals surface area contributed by atoms with Crippen molar-refractivity contribution in [3.05, 3.63) is 28.2 Å². The van der Waals surface area contributed by atoms with Crippen molar-refractivity contribution in [2.45, 2.75) is 25.8 Å². The minimum absolute atomic E-state index is 0.155. The third-order valence-corrected chi connectivity index (χ3v) is 2.98. The maximum atomic E-state index is 5.94. The lowest BCUT2D eigenvalue weighted by molar-refractivity contribution is 0.362. The predicted molar refractivity (Wildman–Crippen MR) is 70.4 cm³/mol. The summed E-state index contributed by atoms with van der Waals surface area (Å²) < 4.78 is 6.44. The fourth-order valence-corrected chi connectivity index (χ4v) is 1.94. The van der Waals surface area contributed by atoms with Crippen LogP contribution in [0.15, 0.2) is 22.7 Å². The number of nitrogens with two attached hydrogens (primary N) is 1. The summed E-state index contributed by atoms with van der Waals surface area (Å²) >= 11 is 3.45. The molecule has 0 fully saturated rings. The molecule has 0 radical (unpaired) electrons. The zero-order valence-corrected chi connectivity index (χ0v) is 11.0. The van der Waals surface area contributed by atoms with E-state index in [4.69, 9.17) is 16.9 Å². The largest absolute Gasteiger partial charge is 0.479 e. The van der Waals surface area contributed by atoms with Crippen LogP contribution >= 0.6 is 15.9 Å². The van der Waals surface area contributed by atoms with E-state index in [-0.39, 0.29) is 12.6 Å². The van der Waals surface area contributed by atoms with Crippen LogP contribution in [-0.4, -0.2) is 12.6 Å². The Morgan fingerprint density at radius 3 is 2.94 bits per heavy atom. The molecule has 1 unspecified atom stereocenters. The van der Waals surface area contributed by atoms with Gasteiger partial charge in [-0.15, -0.1) is 6.42 Å². The summed E-state index contributed by atoms with van der Waals surface area (Å²) in [6, 6.07) is 6.09. The SMILES string of the molecule is C#CCOc1c(Br)cccc1CC(N)CC. The Bertz CT molecular complexity index is 384.